The van der Waals surface area contributed by atoms with E-state index in [-0.39, 0.29) is 12.3 Å². The molecule has 4 aromatic rings. The number of hydrazine groups is 1. The first kappa shape index (κ1) is 16.7. The van der Waals surface area contributed by atoms with Crippen LogP contribution >= 0.6 is 0 Å². The number of para-hydroxylation sites is 1. The fraction of sp³-hybridized carbons (Fsp3) is 0.100. The number of hydrogen-bond acceptors (Lipinski definition) is 3. The van der Waals surface area contributed by atoms with Crippen molar-refractivity contribution in [3.63, 3.8) is 0 Å². The molecule has 0 atom stereocenters. The van der Waals surface area contributed by atoms with Crippen molar-refractivity contribution in [2.75, 3.05) is 7.11 Å². The fourth-order valence-electron chi connectivity index (χ4n) is 3.04. The van der Waals surface area contributed by atoms with Crippen molar-refractivity contribution in [1.82, 2.24) is 20.8 Å². The van der Waals surface area contributed by atoms with E-state index in [0.29, 0.717) is 11.4 Å². The summed E-state index contributed by atoms with van der Waals surface area (Å²) >= 11 is 0. The van der Waals surface area contributed by atoms with Gasteiger partial charge in [-0.05, 0) is 29.8 Å². The number of benzene rings is 2. The molecule has 4 N–H and O–H groups in total. The summed E-state index contributed by atoms with van der Waals surface area (Å²) in [6, 6.07) is 15.0. The lowest BCUT2D eigenvalue weighted by atomic mass is 10.1. The molecule has 4 rings (SSSR count). The van der Waals surface area contributed by atoms with Gasteiger partial charge in [0.15, 0.2) is 0 Å². The van der Waals surface area contributed by atoms with Gasteiger partial charge >= 0.3 is 0 Å². The number of rotatable bonds is 4. The van der Waals surface area contributed by atoms with Gasteiger partial charge in [0.2, 0.25) is 5.91 Å². The average molecular weight is 362 g/mol. The highest BCUT2D eigenvalue weighted by Gasteiger charge is 2.12. The molecule has 0 aliphatic heterocycles. The Morgan fingerprint density at radius 1 is 1.04 bits per heavy atom. The van der Waals surface area contributed by atoms with Gasteiger partial charge in [0.25, 0.3) is 5.91 Å². The Labute approximate surface area is 154 Å². The second kappa shape index (κ2) is 6.87. The molecule has 0 aliphatic carbocycles. The first-order chi connectivity index (χ1) is 13.1. The van der Waals surface area contributed by atoms with E-state index in [1.54, 1.807) is 19.4 Å². The van der Waals surface area contributed by atoms with Crippen LogP contribution in [0.2, 0.25) is 0 Å². The summed E-state index contributed by atoms with van der Waals surface area (Å²) in [6.07, 6.45) is 1.96. The number of methoxy groups -OCH3 is 1. The summed E-state index contributed by atoms with van der Waals surface area (Å²) in [4.78, 5) is 30.6. The highest BCUT2D eigenvalue weighted by atomic mass is 16.5. The molecule has 7 nitrogen and oxygen atoms in total. The Morgan fingerprint density at radius 2 is 1.89 bits per heavy atom. The third-order valence-electron chi connectivity index (χ3n) is 4.42. The van der Waals surface area contributed by atoms with Gasteiger partial charge in [0, 0.05) is 34.1 Å². The van der Waals surface area contributed by atoms with E-state index in [1.807, 2.05) is 42.5 Å². The maximum atomic E-state index is 12.3. The van der Waals surface area contributed by atoms with E-state index in [4.69, 9.17) is 4.74 Å². The molecule has 7 heteroatoms. The van der Waals surface area contributed by atoms with Crippen LogP contribution in [0.1, 0.15) is 16.1 Å². The molecule has 0 bridgehead atoms. The van der Waals surface area contributed by atoms with Crippen molar-refractivity contribution in [1.29, 1.82) is 0 Å². The zero-order valence-electron chi connectivity index (χ0n) is 14.6. The first-order valence-electron chi connectivity index (χ1n) is 8.45. The Bertz CT molecular complexity index is 1140. The minimum Gasteiger partial charge on any atom is -0.497 e. The number of amides is 2. The van der Waals surface area contributed by atoms with Crippen LogP contribution in [0.15, 0.2) is 54.7 Å². The van der Waals surface area contributed by atoms with Crippen LogP contribution in [-0.2, 0) is 11.2 Å². The predicted molar refractivity (Wildman–Crippen MR) is 102 cm³/mol. The minimum atomic E-state index is -0.419. The number of fused-ring (bicyclic) bond motifs is 2. The Morgan fingerprint density at radius 3 is 2.74 bits per heavy atom. The van der Waals surface area contributed by atoms with Gasteiger partial charge < -0.3 is 14.7 Å². The number of H-pyrrole nitrogens is 2. The molecule has 0 saturated carbocycles. The SMILES string of the molecule is COc1ccc2cc(C(=O)NNC(=O)Cc3c[nH]c4ccccc34)[nH]c2c1. The number of ether oxygens (including phenoxy) is 1. The standard InChI is InChI=1S/C20H18N4O3/c1-27-14-7-6-12-8-18(22-17(12)10-14)20(26)24-23-19(25)9-13-11-21-16-5-3-2-4-15(13)16/h2-8,10-11,21-22H,9H2,1H3,(H,23,25)(H,24,26). The second-order valence-corrected chi connectivity index (χ2v) is 6.17. The minimum absolute atomic E-state index is 0.161. The van der Waals surface area contributed by atoms with Gasteiger partial charge in [-0.3, -0.25) is 20.4 Å². The van der Waals surface area contributed by atoms with Gasteiger partial charge in [0.05, 0.1) is 13.5 Å². The number of hydrogen-bond donors (Lipinski definition) is 4. The van der Waals surface area contributed by atoms with Crippen LogP contribution in [0.4, 0.5) is 0 Å². The molecule has 2 amide bonds. The lowest BCUT2D eigenvalue weighted by Gasteiger charge is -2.06. The third-order valence-corrected chi connectivity index (χ3v) is 4.42. The Kier molecular flexibility index (Phi) is 4.25. The number of carbonyl (C=O) groups is 2. The summed E-state index contributed by atoms with van der Waals surface area (Å²) in [5.74, 6) is -0.0216. The largest absolute Gasteiger partial charge is 0.497 e. The van der Waals surface area contributed by atoms with E-state index in [9.17, 15) is 9.59 Å². The number of aromatic amines is 2. The van der Waals surface area contributed by atoms with E-state index >= 15 is 0 Å². The zero-order valence-corrected chi connectivity index (χ0v) is 14.6. The van der Waals surface area contributed by atoms with Gasteiger partial charge in [-0.25, -0.2) is 0 Å². The van der Waals surface area contributed by atoms with Crippen molar-refractivity contribution in [2.24, 2.45) is 0 Å². The van der Waals surface area contributed by atoms with Crippen LogP contribution in [0.5, 0.6) is 5.75 Å². The molecule has 27 heavy (non-hydrogen) atoms. The van der Waals surface area contributed by atoms with Crippen molar-refractivity contribution < 1.29 is 14.3 Å². The normalized spacial score (nSPS) is 10.9. The van der Waals surface area contributed by atoms with Crippen LogP contribution in [0.3, 0.4) is 0 Å². The van der Waals surface area contributed by atoms with Gasteiger partial charge in [-0.1, -0.05) is 18.2 Å². The van der Waals surface area contributed by atoms with Crippen LogP contribution in [-0.4, -0.2) is 28.9 Å². The first-order valence-corrected chi connectivity index (χ1v) is 8.45. The molecule has 0 spiro atoms. The maximum Gasteiger partial charge on any atom is 0.286 e. The fourth-order valence-corrected chi connectivity index (χ4v) is 3.04. The molecule has 0 saturated heterocycles. The molecule has 2 aromatic carbocycles. The van der Waals surface area contributed by atoms with Gasteiger partial charge in [-0.15, -0.1) is 0 Å². The van der Waals surface area contributed by atoms with Crippen LogP contribution in [0, 0.1) is 0 Å². The van der Waals surface area contributed by atoms with Crippen LogP contribution in [0.25, 0.3) is 21.8 Å². The second-order valence-electron chi connectivity index (χ2n) is 6.17. The Hall–Kier alpha value is -3.74. The molecule has 136 valence electrons. The van der Waals surface area contributed by atoms with Gasteiger partial charge in [0.1, 0.15) is 11.4 Å². The number of aromatic nitrogens is 2. The molecule has 0 radical (unpaired) electrons. The van der Waals surface area contributed by atoms with Crippen LogP contribution < -0.4 is 15.6 Å². The lowest BCUT2D eigenvalue weighted by molar-refractivity contribution is -0.121. The molecule has 2 heterocycles. The molecular formula is C20H18N4O3. The smallest absolute Gasteiger partial charge is 0.286 e. The molecule has 0 unspecified atom stereocenters. The summed E-state index contributed by atoms with van der Waals surface area (Å²) in [5, 5.41) is 1.87. The zero-order chi connectivity index (χ0) is 18.8. The highest BCUT2D eigenvalue weighted by Crippen LogP contribution is 2.21. The van der Waals surface area contributed by atoms with E-state index in [2.05, 4.69) is 20.8 Å². The summed E-state index contributed by atoms with van der Waals surface area (Å²) in [5.41, 5.74) is 7.87. The van der Waals surface area contributed by atoms with E-state index < -0.39 is 5.91 Å². The summed E-state index contributed by atoms with van der Waals surface area (Å²) in [6.45, 7) is 0. The molecule has 0 fully saturated rings. The summed E-state index contributed by atoms with van der Waals surface area (Å²) < 4.78 is 5.17. The maximum absolute atomic E-state index is 12.3. The molecule has 0 aliphatic rings. The number of nitrogens with one attached hydrogen (secondary N) is 4. The third kappa shape index (κ3) is 3.35. The van der Waals surface area contributed by atoms with Crippen molar-refractivity contribution in [3.8, 4) is 5.75 Å². The van der Waals surface area contributed by atoms with Crippen molar-refractivity contribution in [2.45, 2.75) is 6.42 Å². The monoisotopic (exact) mass is 362 g/mol. The Balaban J connectivity index is 1.40. The average Bonchev–Trinajstić information content (AvgIpc) is 3.30. The molecular weight excluding hydrogens is 344 g/mol. The highest BCUT2D eigenvalue weighted by molar-refractivity contribution is 5.99. The quantitative estimate of drug-likeness (QED) is 0.420. The van der Waals surface area contributed by atoms with Crippen molar-refractivity contribution in [3.05, 3.63) is 66.0 Å². The lowest BCUT2D eigenvalue weighted by Crippen LogP contribution is -2.42. The predicted octanol–water partition coefficient (Wildman–Crippen LogP) is 2.66. The van der Waals surface area contributed by atoms with Gasteiger partial charge in [-0.2, -0.15) is 0 Å². The van der Waals surface area contributed by atoms with E-state index in [1.165, 1.54) is 0 Å². The summed E-state index contributed by atoms with van der Waals surface area (Å²) in [7, 11) is 1.58. The molecule has 2 aromatic heterocycles. The topological polar surface area (TPSA) is 99.0 Å². The van der Waals surface area contributed by atoms with Crippen molar-refractivity contribution >= 4 is 33.6 Å². The number of carbonyl (C=O) groups excluding carboxylic acids is 2. The van der Waals surface area contributed by atoms with E-state index in [0.717, 1.165) is 27.4 Å².